The number of benzene rings is 1. The van der Waals surface area contributed by atoms with Crippen LogP contribution >= 0.6 is 15.9 Å². The summed E-state index contributed by atoms with van der Waals surface area (Å²) in [5.41, 5.74) is 0.959. The van der Waals surface area contributed by atoms with Gasteiger partial charge in [-0.05, 0) is 17.7 Å². The molecule has 3 nitrogen and oxygen atoms in total. The van der Waals surface area contributed by atoms with E-state index in [9.17, 15) is 5.11 Å². The Bertz CT molecular complexity index is 450. The summed E-state index contributed by atoms with van der Waals surface area (Å²) in [7, 11) is 0. The number of aliphatic hydroxyl groups excluding tert-OH is 1. The first kappa shape index (κ1) is 14.5. The Kier molecular flexibility index (Phi) is 5.41. The number of piperazine rings is 1. The highest BCUT2D eigenvalue weighted by atomic mass is 79.9. The van der Waals surface area contributed by atoms with Gasteiger partial charge in [0, 0.05) is 37.2 Å². The van der Waals surface area contributed by atoms with Gasteiger partial charge in [0.25, 0.3) is 0 Å². The van der Waals surface area contributed by atoms with Crippen LogP contribution in [0.5, 0.6) is 0 Å². The number of hydrogen-bond acceptors (Lipinski definition) is 3. The molecule has 0 amide bonds. The zero-order valence-corrected chi connectivity index (χ0v) is 12.5. The molecule has 102 valence electrons. The van der Waals surface area contributed by atoms with Gasteiger partial charge in [-0.1, -0.05) is 34.0 Å². The lowest BCUT2D eigenvalue weighted by Crippen LogP contribution is -2.47. The molecular formula is C15H19BrN2O. The van der Waals surface area contributed by atoms with Crippen LogP contribution in [0.2, 0.25) is 0 Å². The van der Waals surface area contributed by atoms with E-state index in [4.69, 9.17) is 6.42 Å². The predicted molar refractivity (Wildman–Crippen MR) is 80.8 cm³/mol. The molecule has 0 bridgehead atoms. The molecule has 1 heterocycles. The molecule has 0 saturated carbocycles. The van der Waals surface area contributed by atoms with Gasteiger partial charge in [-0.25, -0.2) is 0 Å². The standard InChI is InChI=1S/C15H19BrN2O/c1-2-6-17-7-9-18(10-8-17)12-15(19)13-4-3-5-14(16)11-13/h1,3-5,11,15,19H,6-10,12H2. The van der Waals surface area contributed by atoms with Gasteiger partial charge >= 0.3 is 0 Å². The zero-order valence-electron chi connectivity index (χ0n) is 10.9. The van der Waals surface area contributed by atoms with E-state index in [2.05, 4.69) is 31.7 Å². The molecular weight excluding hydrogens is 304 g/mol. The van der Waals surface area contributed by atoms with Crippen LogP contribution in [0.4, 0.5) is 0 Å². The van der Waals surface area contributed by atoms with Crippen LogP contribution in [0, 0.1) is 12.3 Å². The molecule has 4 heteroatoms. The fourth-order valence-corrected chi connectivity index (χ4v) is 2.74. The van der Waals surface area contributed by atoms with Crippen molar-refractivity contribution in [3.05, 3.63) is 34.3 Å². The van der Waals surface area contributed by atoms with Crippen molar-refractivity contribution in [3.8, 4) is 12.3 Å². The summed E-state index contributed by atoms with van der Waals surface area (Å²) in [6.45, 7) is 5.30. The lowest BCUT2D eigenvalue weighted by Gasteiger charge is -2.34. The summed E-state index contributed by atoms with van der Waals surface area (Å²) in [6.07, 6.45) is 4.88. The molecule has 0 aromatic heterocycles. The van der Waals surface area contributed by atoms with Crippen molar-refractivity contribution in [3.63, 3.8) is 0 Å². The summed E-state index contributed by atoms with van der Waals surface area (Å²) in [5.74, 6) is 2.68. The van der Waals surface area contributed by atoms with E-state index in [1.807, 2.05) is 24.3 Å². The molecule has 1 aliphatic heterocycles. The number of halogens is 1. The Morgan fingerprint density at radius 3 is 2.58 bits per heavy atom. The summed E-state index contributed by atoms with van der Waals surface area (Å²) in [6, 6.07) is 7.85. The van der Waals surface area contributed by atoms with Crippen LogP contribution in [-0.4, -0.2) is 54.2 Å². The van der Waals surface area contributed by atoms with Crippen molar-refractivity contribution in [2.24, 2.45) is 0 Å². The molecule has 1 fully saturated rings. The van der Waals surface area contributed by atoms with Crippen molar-refractivity contribution in [2.75, 3.05) is 39.3 Å². The van der Waals surface area contributed by atoms with Crippen molar-refractivity contribution in [2.45, 2.75) is 6.10 Å². The molecule has 1 aromatic carbocycles. The monoisotopic (exact) mass is 322 g/mol. The van der Waals surface area contributed by atoms with Crippen molar-refractivity contribution >= 4 is 15.9 Å². The van der Waals surface area contributed by atoms with Gasteiger partial charge in [0.15, 0.2) is 0 Å². The van der Waals surface area contributed by atoms with Crippen LogP contribution in [0.1, 0.15) is 11.7 Å². The van der Waals surface area contributed by atoms with E-state index in [1.165, 1.54) is 0 Å². The molecule has 1 aromatic rings. The summed E-state index contributed by atoms with van der Waals surface area (Å²) >= 11 is 3.43. The van der Waals surface area contributed by atoms with Crippen LogP contribution in [0.15, 0.2) is 28.7 Å². The van der Waals surface area contributed by atoms with Crippen LogP contribution < -0.4 is 0 Å². The van der Waals surface area contributed by atoms with E-state index < -0.39 is 6.10 Å². The van der Waals surface area contributed by atoms with Crippen molar-refractivity contribution < 1.29 is 5.11 Å². The minimum Gasteiger partial charge on any atom is -0.387 e. The van der Waals surface area contributed by atoms with Gasteiger partial charge in [0.2, 0.25) is 0 Å². The number of β-amino-alcohol motifs (C(OH)–C–C–N with tert-alkyl or cyclic N) is 1. The predicted octanol–water partition coefficient (Wildman–Crippen LogP) is 1.73. The molecule has 0 radical (unpaired) electrons. The average Bonchev–Trinajstić information content (AvgIpc) is 2.41. The Morgan fingerprint density at radius 1 is 1.26 bits per heavy atom. The lowest BCUT2D eigenvalue weighted by atomic mass is 10.1. The number of hydrogen-bond donors (Lipinski definition) is 1. The highest BCUT2D eigenvalue weighted by Gasteiger charge is 2.19. The molecule has 0 aliphatic carbocycles. The number of rotatable bonds is 4. The Morgan fingerprint density at radius 2 is 1.95 bits per heavy atom. The Hall–Kier alpha value is -0.860. The molecule has 2 rings (SSSR count). The second-order valence-electron chi connectivity index (χ2n) is 4.85. The van der Waals surface area contributed by atoms with Crippen LogP contribution in [0.25, 0.3) is 0 Å². The minimum absolute atomic E-state index is 0.434. The Balaban J connectivity index is 1.84. The number of terminal acetylenes is 1. The SMILES string of the molecule is C#CCN1CCN(CC(O)c2cccc(Br)c2)CC1. The largest absolute Gasteiger partial charge is 0.387 e. The van der Waals surface area contributed by atoms with Gasteiger partial charge in [-0.2, -0.15) is 0 Å². The first-order valence-corrected chi connectivity index (χ1v) is 7.30. The van der Waals surface area contributed by atoms with Crippen LogP contribution in [0.3, 0.4) is 0 Å². The third kappa shape index (κ3) is 4.32. The minimum atomic E-state index is -0.434. The van der Waals surface area contributed by atoms with E-state index in [-0.39, 0.29) is 0 Å². The normalized spacial score (nSPS) is 19.0. The van der Waals surface area contributed by atoms with Crippen molar-refractivity contribution in [1.82, 2.24) is 9.80 Å². The third-order valence-corrected chi connectivity index (χ3v) is 3.94. The van der Waals surface area contributed by atoms with Crippen LogP contribution in [-0.2, 0) is 0 Å². The maximum Gasteiger partial charge on any atom is 0.0917 e. The smallest absolute Gasteiger partial charge is 0.0917 e. The Labute approximate surface area is 123 Å². The molecule has 19 heavy (non-hydrogen) atoms. The number of nitrogens with zero attached hydrogens (tertiary/aromatic N) is 2. The van der Waals surface area contributed by atoms with E-state index in [0.717, 1.165) is 42.8 Å². The fourth-order valence-electron chi connectivity index (χ4n) is 2.32. The second-order valence-corrected chi connectivity index (χ2v) is 5.77. The molecule has 1 saturated heterocycles. The highest BCUT2D eigenvalue weighted by molar-refractivity contribution is 9.10. The molecule has 1 N–H and O–H groups in total. The molecule has 0 spiro atoms. The van der Waals surface area contributed by atoms with Gasteiger partial charge in [-0.3, -0.25) is 9.80 Å². The highest BCUT2D eigenvalue weighted by Crippen LogP contribution is 2.19. The molecule has 1 aliphatic rings. The summed E-state index contributed by atoms with van der Waals surface area (Å²) in [5, 5.41) is 10.3. The van der Waals surface area contributed by atoms with E-state index >= 15 is 0 Å². The topological polar surface area (TPSA) is 26.7 Å². The van der Waals surface area contributed by atoms with Gasteiger partial charge in [-0.15, -0.1) is 6.42 Å². The van der Waals surface area contributed by atoms with E-state index in [1.54, 1.807) is 0 Å². The summed E-state index contributed by atoms with van der Waals surface area (Å²) < 4.78 is 1.00. The second kappa shape index (κ2) is 7.06. The quantitative estimate of drug-likeness (QED) is 0.855. The van der Waals surface area contributed by atoms with Gasteiger partial charge in [0.05, 0.1) is 12.6 Å². The third-order valence-electron chi connectivity index (χ3n) is 3.44. The van der Waals surface area contributed by atoms with Gasteiger partial charge < -0.3 is 5.11 Å². The molecule has 1 unspecified atom stereocenters. The maximum atomic E-state index is 10.3. The number of aliphatic hydroxyl groups is 1. The average molecular weight is 323 g/mol. The van der Waals surface area contributed by atoms with E-state index in [0.29, 0.717) is 6.54 Å². The fraction of sp³-hybridized carbons (Fsp3) is 0.467. The lowest BCUT2D eigenvalue weighted by molar-refractivity contribution is 0.0769. The van der Waals surface area contributed by atoms with Gasteiger partial charge in [0.1, 0.15) is 0 Å². The first-order valence-electron chi connectivity index (χ1n) is 6.51. The zero-order chi connectivity index (χ0) is 13.7. The maximum absolute atomic E-state index is 10.3. The summed E-state index contributed by atoms with van der Waals surface area (Å²) in [4.78, 5) is 4.56. The first-order chi connectivity index (χ1) is 9.19. The molecule has 1 atom stereocenters. The van der Waals surface area contributed by atoms with Crippen molar-refractivity contribution in [1.29, 1.82) is 0 Å².